The van der Waals surface area contributed by atoms with Gasteiger partial charge in [-0.2, -0.15) is 0 Å². The summed E-state index contributed by atoms with van der Waals surface area (Å²) in [6.45, 7) is 8.07. The highest BCUT2D eigenvalue weighted by Crippen LogP contribution is 2.38. The van der Waals surface area contributed by atoms with Crippen molar-refractivity contribution in [3.8, 4) is 23.0 Å². The molecule has 12 heteroatoms. The number of imide groups is 2. The molecule has 1 saturated heterocycles. The number of barbiturate groups is 1. The van der Waals surface area contributed by atoms with Crippen LogP contribution in [0.4, 0.5) is 16.2 Å². The molecular weight excluding hydrogens is 646 g/mol. The topological polar surface area (TPSA) is 132 Å². The number of anilines is 2. The molecule has 236 valence electrons. The van der Waals surface area contributed by atoms with Crippen LogP contribution in [0, 0.1) is 13.8 Å². The number of carbonyl (C=O) groups is 4. The fourth-order valence-corrected chi connectivity index (χ4v) is 5.11. The zero-order chi connectivity index (χ0) is 32.7. The van der Waals surface area contributed by atoms with Crippen molar-refractivity contribution >= 4 is 57.1 Å². The second kappa shape index (κ2) is 14.8. The van der Waals surface area contributed by atoms with Crippen LogP contribution in [0.25, 0.3) is 6.08 Å². The largest absolute Gasteiger partial charge is 0.493 e. The quantitative estimate of drug-likeness (QED) is 0.177. The summed E-state index contributed by atoms with van der Waals surface area (Å²) in [6.07, 6.45) is 2.13. The molecule has 4 rings (SSSR count). The van der Waals surface area contributed by atoms with E-state index in [2.05, 4.69) is 26.6 Å². The first kappa shape index (κ1) is 33.1. The lowest BCUT2D eigenvalue weighted by Crippen LogP contribution is -2.54. The molecule has 0 bridgehead atoms. The highest BCUT2D eigenvalue weighted by Gasteiger charge is 2.37. The van der Waals surface area contributed by atoms with Crippen LogP contribution < -0.4 is 34.5 Å². The first-order chi connectivity index (χ1) is 21.6. The van der Waals surface area contributed by atoms with Crippen molar-refractivity contribution < 1.29 is 38.1 Å². The normalized spacial score (nSPS) is 13.9. The highest BCUT2D eigenvalue weighted by molar-refractivity contribution is 9.10. The lowest BCUT2D eigenvalue weighted by molar-refractivity contribution is -0.122. The lowest BCUT2D eigenvalue weighted by atomic mass is 10.1. The average Bonchev–Trinajstić information content (AvgIpc) is 2.99. The molecule has 0 aliphatic carbocycles. The number of carbonyl (C=O) groups excluding carboxylic acids is 4. The number of hydrogen-bond acceptors (Lipinski definition) is 8. The Morgan fingerprint density at radius 1 is 0.956 bits per heavy atom. The smallest absolute Gasteiger partial charge is 0.335 e. The van der Waals surface area contributed by atoms with E-state index in [4.69, 9.17) is 18.9 Å². The number of amides is 5. The average molecular weight is 681 g/mol. The Bertz CT molecular complexity index is 1670. The minimum atomic E-state index is -0.898. The maximum Gasteiger partial charge on any atom is 0.335 e. The van der Waals surface area contributed by atoms with Crippen LogP contribution in [0.15, 0.2) is 58.6 Å². The Morgan fingerprint density at radius 3 is 2.42 bits per heavy atom. The molecule has 0 aromatic heterocycles. The van der Waals surface area contributed by atoms with E-state index >= 15 is 0 Å². The number of nitrogens with one attached hydrogen (secondary N) is 2. The van der Waals surface area contributed by atoms with Gasteiger partial charge < -0.3 is 24.3 Å². The van der Waals surface area contributed by atoms with Crippen molar-refractivity contribution in [3.05, 3.63) is 75.3 Å². The van der Waals surface area contributed by atoms with Gasteiger partial charge in [-0.15, -0.1) is 0 Å². The number of nitrogens with zero attached hydrogens (tertiary/aromatic N) is 1. The van der Waals surface area contributed by atoms with E-state index in [-0.39, 0.29) is 41.9 Å². The third-order valence-electron chi connectivity index (χ3n) is 6.62. The van der Waals surface area contributed by atoms with Crippen LogP contribution in [0.1, 0.15) is 37.0 Å². The zero-order valence-corrected chi connectivity index (χ0v) is 27.2. The molecular formula is C33H34BrN3O8. The van der Waals surface area contributed by atoms with E-state index in [1.807, 2.05) is 39.0 Å². The first-order valence-electron chi connectivity index (χ1n) is 14.2. The van der Waals surface area contributed by atoms with Crippen molar-refractivity contribution in [2.24, 2.45) is 0 Å². The monoisotopic (exact) mass is 679 g/mol. The molecule has 5 amide bonds. The summed E-state index contributed by atoms with van der Waals surface area (Å²) in [5, 5.41) is 5.05. The standard InChI is InChI=1S/C33H34BrN3O8/c1-6-12-44-26-11-9-22(17-27(26)42-5)37-32(40)23(31(39)36-33(37)41)14-21-15-24(34)30(28(16-21)43-7-2)45-18-29(38)35-25-10-8-19(3)13-20(25)4/h8-11,13-17H,6-7,12,18H2,1-5H3,(H,35,38)(H,36,39,41)/b23-14-. The molecule has 0 atom stereocenters. The van der Waals surface area contributed by atoms with Crippen LogP contribution >= 0.6 is 15.9 Å². The predicted octanol–water partition coefficient (Wildman–Crippen LogP) is 5.95. The number of urea groups is 1. The van der Waals surface area contributed by atoms with E-state index in [1.165, 1.54) is 25.3 Å². The van der Waals surface area contributed by atoms with Crippen molar-refractivity contribution in [3.63, 3.8) is 0 Å². The molecule has 1 heterocycles. The van der Waals surface area contributed by atoms with Crippen molar-refractivity contribution in [2.45, 2.75) is 34.1 Å². The number of rotatable bonds is 12. The maximum atomic E-state index is 13.5. The van der Waals surface area contributed by atoms with Gasteiger partial charge in [-0.25, -0.2) is 9.69 Å². The SMILES string of the molecule is CCCOc1ccc(N2C(=O)NC(=O)/C(=C/c3cc(Br)c(OCC(=O)Nc4ccc(C)cc4C)c(OCC)c3)C2=O)cc1OC. The summed E-state index contributed by atoms with van der Waals surface area (Å²) in [5.41, 5.74) is 3.01. The number of methoxy groups -OCH3 is 1. The molecule has 3 aromatic rings. The van der Waals surface area contributed by atoms with Gasteiger partial charge in [-0.1, -0.05) is 24.6 Å². The third-order valence-corrected chi connectivity index (χ3v) is 7.20. The molecule has 0 radical (unpaired) electrons. The molecule has 1 aliphatic rings. The van der Waals surface area contributed by atoms with Crippen molar-refractivity contribution in [1.82, 2.24) is 5.32 Å². The molecule has 2 N–H and O–H groups in total. The Kier molecular flexibility index (Phi) is 10.8. The fourth-order valence-electron chi connectivity index (χ4n) is 4.54. The number of halogens is 1. The van der Waals surface area contributed by atoms with Crippen molar-refractivity contribution in [1.29, 1.82) is 0 Å². The molecule has 45 heavy (non-hydrogen) atoms. The van der Waals surface area contributed by atoms with Crippen LogP contribution in [0.5, 0.6) is 23.0 Å². The Balaban J connectivity index is 1.58. The zero-order valence-electron chi connectivity index (χ0n) is 25.6. The van der Waals surface area contributed by atoms with Gasteiger partial charge in [0, 0.05) is 11.8 Å². The van der Waals surface area contributed by atoms with Crippen LogP contribution in [-0.2, 0) is 14.4 Å². The summed E-state index contributed by atoms with van der Waals surface area (Å²) in [7, 11) is 1.45. The number of aryl methyl sites for hydroxylation is 2. The maximum absolute atomic E-state index is 13.5. The van der Waals surface area contributed by atoms with Gasteiger partial charge in [0.05, 0.1) is 30.5 Å². The molecule has 11 nitrogen and oxygen atoms in total. The lowest BCUT2D eigenvalue weighted by Gasteiger charge is -2.27. The second-order valence-corrected chi connectivity index (χ2v) is 10.9. The Hall–Kier alpha value is -4.84. The summed E-state index contributed by atoms with van der Waals surface area (Å²) >= 11 is 3.46. The van der Waals surface area contributed by atoms with Gasteiger partial charge in [-0.05, 0) is 90.7 Å². The van der Waals surface area contributed by atoms with E-state index in [9.17, 15) is 19.2 Å². The molecule has 1 fully saturated rings. The van der Waals surface area contributed by atoms with E-state index in [0.29, 0.717) is 33.8 Å². The molecule has 3 aromatic carbocycles. The molecule has 0 spiro atoms. The summed E-state index contributed by atoms with van der Waals surface area (Å²) < 4.78 is 23.1. The minimum absolute atomic E-state index is 0.190. The molecule has 0 saturated carbocycles. The van der Waals surface area contributed by atoms with Crippen molar-refractivity contribution in [2.75, 3.05) is 37.1 Å². The third kappa shape index (κ3) is 7.82. The van der Waals surface area contributed by atoms with E-state index in [1.54, 1.807) is 25.1 Å². The van der Waals surface area contributed by atoms with Crippen LogP contribution in [-0.4, -0.2) is 50.7 Å². The van der Waals surface area contributed by atoms with E-state index < -0.39 is 17.8 Å². The van der Waals surface area contributed by atoms with Gasteiger partial charge in [0.1, 0.15) is 5.57 Å². The number of benzene rings is 3. The fraction of sp³-hybridized carbons (Fsp3) is 0.273. The van der Waals surface area contributed by atoms with Crippen LogP contribution in [0.3, 0.4) is 0 Å². The van der Waals surface area contributed by atoms with Crippen LogP contribution in [0.2, 0.25) is 0 Å². The Labute approximate surface area is 269 Å². The first-order valence-corrected chi connectivity index (χ1v) is 15.0. The van der Waals surface area contributed by atoms with Gasteiger partial charge >= 0.3 is 6.03 Å². The van der Waals surface area contributed by atoms with Gasteiger partial charge in [0.2, 0.25) is 0 Å². The summed E-state index contributed by atoms with van der Waals surface area (Å²) in [4.78, 5) is 52.6. The second-order valence-electron chi connectivity index (χ2n) is 10.1. The number of hydrogen-bond donors (Lipinski definition) is 2. The minimum Gasteiger partial charge on any atom is -0.493 e. The van der Waals surface area contributed by atoms with Gasteiger partial charge in [-0.3, -0.25) is 19.7 Å². The van der Waals surface area contributed by atoms with Gasteiger partial charge in [0.25, 0.3) is 17.7 Å². The highest BCUT2D eigenvalue weighted by atomic mass is 79.9. The number of ether oxygens (including phenoxy) is 4. The summed E-state index contributed by atoms with van der Waals surface area (Å²) in [6, 6.07) is 12.6. The Morgan fingerprint density at radius 2 is 1.73 bits per heavy atom. The predicted molar refractivity (Wildman–Crippen MR) is 173 cm³/mol. The molecule has 1 aliphatic heterocycles. The van der Waals surface area contributed by atoms with E-state index in [0.717, 1.165) is 22.4 Å². The van der Waals surface area contributed by atoms with Gasteiger partial charge in [0.15, 0.2) is 29.6 Å². The molecule has 0 unspecified atom stereocenters. The summed E-state index contributed by atoms with van der Waals surface area (Å²) in [5.74, 6) is -0.714.